The number of nitrogens with one attached hydrogen (secondary N) is 1. The van der Waals surface area contributed by atoms with Crippen LogP contribution in [0.15, 0.2) is 18.2 Å². The van der Waals surface area contributed by atoms with Crippen LogP contribution in [0.4, 0.5) is 13.2 Å². The van der Waals surface area contributed by atoms with Gasteiger partial charge in [0.1, 0.15) is 18.6 Å². The SMILES string of the molecule is COC[C@@H](N)c1ccc2c(c1)nc([C@H](COC(C)(C)C(F)(F)F)N[S@](=O)C(C)(C)C)n2COCC[Si](C)(C)C. The lowest BCUT2D eigenvalue weighted by molar-refractivity contribution is -0.265. The Morgan fingerprint density at radius 3 is 2.31 bits per heavy atom. The van der Waals surface area contributed by atoms with Crippen molar-refractivity contribution < 1.29 is 31.6 Å². The summed E-state index contributed by atoms with van der Waals surface area (Å²) in [6.45, 7) is 14.6. The largest absolute Gasteiger partial charge is 0.416 e. The van der Waals surface area contributed by atoms with Gasteiger partial charge in [-0.1, -0.05) is 25.7 Å². The molecular formula is C26H45F3N4O4SSi. The summed E-state index contributed by atoms with van der Waals surface area (Å²) in [5, 5.41) is 0. The third kappa shape index (κ3) is 9.61. The molecule has 39 heavy (non-hydrogen) atoms. The van der Waals surface area contributed by atoms with Crippen molar-refractivity contribution in [3.8, 4) is 0 Å². The van der Waals surface area contributed by atoms with Gasteiger partial charge >= 0.3 is 6.18 Å². The Bertz CT molecular complexity index is 1110. The molecule has 0 saturated carbocycles. The maximum absolute atomic E-state index is 13.6. The van der Waals surface area contributed by atoms with Crippen LogP contribution >= 0.6 is 0 Å². The normalized spacial score (nSPS) is 16.0. The molecule has 224 valence electrons. The molecule has 0 aliphatic rings. The fraction of sp³-hybridized carbons (Fsp3) is 0.731. The number of methoxy groups -OCH3 is 1. The van der Waals surface area contributed by atoms with Crippen LogP contribution in [0.3, 0.4) is 0 Å². The molecule has 0 unspecified atom stereocenters. The van der Waals surface area contributed by atoms with E-state index in [9.17, 15) is 17.4 Å². The van der Waals surface area contributed by atoms with E-state index in [-0.39, 0.29) is 12.8 Å². The van der Waals surface area contributed by atoms with Gasteiger partial charge in [0.2, 0.25) is 0 Å². The number of aromatic nitrogens is 2. The van der Waals surface area contributed by atoms with E-state index in [4.69, 9.17) is 24.9 Å². The lowest BCUT2D eigenvalue weighted by atomic mass is 10.1. The van der Waals surface area contributed by atoms with Crippen LogP contribution in [0.5, 0.6) is 0 Å². The minimum atomic E-state index is -4.59. The van der Waals surface area contributed by atoms with Gasteiger partial charge in [-0.2, -0.15) is 13.2 Å². The van der Waals surface area contributed by atoms with Crippen molar-refractivity contribution in [1.82, 2.24) is 14.3 Å². The first-order valence-electron chi connectivity index (χ1n) is 13.0. The Hall–Kier alpha value is -1.35. The topological polar surface area (TPSA) is 101 Å². The molecule has 0 spiro atoms. The highest BCUT2D eigenvalue weighted by molar-refractivity contribution is 7.84. The number of imidazole rings is 1. The van der Waals surface area contributed by atoms with Crippen LogP contribution < -0.4 is 10.5 Å². The second-order valence-corrected chi connectivity index (χ2v) is 20.0. The van der Waals surface area contributed by atoms with Crippen LogP contribution in [0.25, 0.3) is 11.0 Å². The molecular weight excluding hydrogens is 549 g/mol. The number of alkyl halides is 3. The first-order valence-corrected chi connectivity index (χ1v) is 17.8. The molecule has 3 atom stereocenters. The zero-order valence-corrected chi connectivity index (χ0v) is 26.4. The zero-order valence-electron chi connectivity index (χ0n) is 24.6. The number of nitrogens with two attached hydrogens (primary N) is 1. The Labute approximate surface area is 233 Å². The predicted molar refractivity (Wildman–Crippen MR) is 153 cm³/mol. The highest BCUT2D eigenvalue weighted by atomic mass is 32.2. The van der Waals surface area contributed by atoms with Crippen molar-refractivity contribution in [3.05, 3.63) is 29.6 Å². The molecule has 1 aromatic carbocycles. The number of halogens is 3. The van der Waals surface area contributed by atoms with E-state index < -0.39 is 48.2 Å². The zero-order chi connectivity index (χ0) is 29.8. The molecule has 0 bridgehead atoms. The van der Waals surface area contributed by atoms with E-state index in [1.54, 1.807) is 32.4 Å². The van der Waals surface area contributed by atoms with Gasteiger partial charge in [-0.3, -0.25) is 0 Å². The lowest BCUT2D eigenvalue weighted by Crippen LogP contribution is -2.45. The molecule has 1 aromatic heterocycles. The van der Waals surface area contributed by atoms with Gasteiger partial charge in [0.15, 0.2) is 5.60 Å². The fourth-order valence-electron chi connectivity index (χ4n) is 3.45. The molecule has 0 fully saturated rings. The molecule has 0 radical (unpaired) electrons. The average Bonchev–Trinajstić information content (AvgIpc) is 3.15. The molecule has 8 nitrogen and oxygen atoms in total. The number of hydrogen-bond donors (Lipinski definition) is 2. The summed E-state index contributed by atoms with van der Waals surface area (Å²) in [5.41, 5.74) is 5.92. The van der Waals surface area contributed by atoms with Crippen LogP contribution in [0.1, 0.15) is 58.1 Å². The van der Waals surface area contributed by atoms with Crippen molar-refractivity contribution in [2.45, 2.75) is 95.6 Å². The maximum atomic E-state index is 13.6. The Kier molecular flexibility index (Phi) is 11.4. The van der Waals surface area contributed by atoms with Crippen molar-refractivity contribution >= 4 is 30.1 Å². The summed E-state index contributed by atoms with van der Waals surface area (Å²) >= 11 is 0. The van der Waals surface area contributed by atoms with E-state index in [1.165, 1.54) is 0 Å². The monoisotopic (exact) mass is 594 g/mol. The minimum absolute atomic E-state index is 0.128. The van der Waals surface area contributed by atoms with E-state index in [1.807, 2.05) is 18.2 Å². The first kappa shape index (κ1) is 33.9. The Balaban J connectivity index is 2.56. The molecule has 2 rings (SSSR count). The third-order valence-corrected chi connectivity index (χ3v) is 9.52. The van der Waals surface area contributed by atoms with E-state index in [2.05, 4.69) is 24.4 Å². The number of ether oxygens (including phenoxy) is 3. The van der Waals surface area contributed by atoms with Crippen LogP contribution in [0.2, 0.25) is 25.7 Å². The Morgan fingerprint density at radius 1 is 1.13 bits per heavy atom. The molecule has 1 heterocycles. The Morgan fingerprint density at radius 2 is 1.77 bits per heavy atom. The molecule has 2 aromatic rings. The maximum Gasteiger partial charge on any atom is 0.416 e. The summed E-state index contributed by atoms with van der Waals surface area (Å²) in [5.74, 6) is 0.367. The molecule has 3 N–H and O–H groups in total. The predicted octanol–water partition coefficient (Wildman–Crippen LogP) is 5.45. The second-order valence-electron chi connectivity index (χ2n) is 12.4. The van der Waals surface area contributed by atoms with Crippen LogP contribution in [0, 0.1) is 0 Å². The van der Waals surface area contributed by atoms with Crippen molar-refractivity contribution in [3.63, 3.8) is 0 Å². The van der Waals surface area contributed by atoms with Gasteiger partial charge in [0, 0.05) is 21.8 Å². The second kappa shape index (κ2) is 13.1. The smallest absolute Gasteiger partial charge is 0.383 e. The minimum Gasteiger partial charge on any atom is -0.383 e. The van der Waals surface area contributed by atoms with Crippen molar-refractivity contribution in [2.24, 2.45) is 5.73 Å². The number of rotatable bonds is 14. The summed E-state index contributed by atoms with van der Waals surface area (Å²) in [7, 11) is -1.40. The van der Waals surface area contributed by atoms with Crippen molar-refractivity contribution in [1.29, 1.82) is 0 Å². The van der Waals surface area contributed by atoms with Gasteiger partial charge in [-0.05, 0) is 58.4 Å². The molecule has 13 heteroatoms. The van der Waals surface area contributed by atoms with Gasteiger partial charge in [-0.15, -0.1) is 0 Å². The standard InChI is InChI=1S/C26H45F3N4O4SSi/c1-24(2,3)38(34)32-21(16-37-25(4,5)26(27,28)29)23-31-20-14-18(19(30)15-35-6)10-11-22(20)33(23)17-36-12-13-39(7,8)9/h10-11,14,19,21,32H,12-13,15-17,30H2,1-9H3/t19-,21+,38-/m1/s1. The van der Waals surface area contributed by atoms with E-state index in [0.29, 0.717) is 24.6 Å². The molecule has 0 aliphatic heterocycles. The van der Waals surface area contributed by atoms with Gasteiger partial charge in [0.25, 0.3) is 0 Å². The highest BCUT2D eigenvalue weighted by Gasteiger charge is 2.49. The lowest BCUT2D eigenvalue weighted by Gasteiger charge is -2.31. The number of benzene rings is 1. The fourth-order valence-corrected chi connectivity index (χ4v) is 4.99. The quantitative estimate of drug-likeness (QED) is 0.223. The number of hydrogen-bond acceptors (Lipinski definition) is 6. The highest BCUT2D eigenvalue weighted by Crippen LogP contribution is 2.34. The summed E-state index contributed by atoms with van der Waals surface area (Å²) in [4.78, 5) is 4.78. The van der Waals surface area contributed by atoms with Gasteiger partial charge < -0.3 is 24.5 Å². The number of nitrogens with zero attached hydrogens (tertiary/aromatic N) is 2. The van der Waals surface area contributed by atoms with Gasteiger partial charge in [0.05, 0.1) is 46.0 Å². The molecule has 0 amide bonds. The van der Waals surface area contributed by atoms with Crippen molar-refractivity contribution in [2.75, 3.05) is 26.9 Å². The van der Waals surface area contributed by atoms with E-state index in [0.717, 1.165) is 31.0 Å². The number of fused-ring (bicyclic) bond motifs is 1. The van der Waals surface area contributed by atoms with Crippen LogP contribution in [-0.4, -0.2) is 65.3 Å². The first-order chi connectivity index (χ1) is 17.8. The molecule has 0 saturated heterocycles. The van der Waals surface area contributed by atoms with Crippen LogP contribution in [-0.2, 0) is 31.9 Å². The summed E-state index contributed by atoms with van der Waals surface area (Å²) in [6, 6.07) is 5.21. The summed E-state index contributed by atoms with van der Waals surface area (Å²) < 4.78 is 74.6. The third-order valence-electron chi connectivity index (χ3n) is 6.20. The van der Waals surface area contributed by atoms with Gasteiger partial charge in [-0.25, -0.2) is 13.9 Å². The molecule has 0 aliphatic carbocycles. The summed E-state index contributed by atoms with van der Waals surface area (Å²) in [6.07, 6.45) is -4.59. The average molecular weight is 595 g/mol. The van der Waals surface area contributed by atoms with E-state index >= 15 is 0 Å².